The number of amides is 1. The minimum Gasteiger partial charge on any atom is -0.465 e. The fourth-order valence-corrected chi connectivity index (χ4v) is 4.77. The molecule has 0 fully saturated rings. The predicted octanol–water partition coefficient (Wildman–Crippen LogP) is 4.79. The van der Waals surface area contributed by atoms with E-state index in [1.165, 1.54) is 23.3 Å². The molecule has 0 N–H and O–H groups in total. The van der Waals surface area contributed by atoms with E-state index < -0.39 is 5.97 Å². The second kappa shape index (κ2) is 10.7. The number of thioether (sulfide) groups is 1. The summed E-state index contributed by atoms with van der Waals surface area (Å²) in [6.07, 6.45) is 2.04. The fraction of sp³-hybridized carbons (Fsp3) is 0.348. The number of benzene rings is 2. The van der Waals surface area contributed by atoms with Crippen molar-refractivity contribution in [3.8, 4) is 0 Å². The largest absolute Gasteiger partial charge is 0.465 e. The van der Waals surface area contributed by atoms with E-state index in [2.05, 4.69) is 24.8 Å². The number of methoxy groups -OCH3 is 1. The van der Waals surface area contributed by atoms with Crippen LogP contribution in [0.3, 0.4) is 0 Å². The highest BCUT2D eigenvalue weighted by Gasteiger charge is 2.22. The van der Waals surface area contributed by atoms with Gasteiger partial charge in [0, 0.05) is 23.5 Å². The Morgan fingerprint density at radius 3 is 2.32 bits per heavy atom. The number of carbonyl (C=O) groups is 2. The maximum atomic E-state index is 13.4. The zero-order chi connectivity index (χ0) is 22.4. The van der Waals surface area contributed by atoms with Gasteiger partial charge in [-0.25, -0.2) is 9.78 Å². The Bertz CT molecular complexity index is 1050. The normalized spacial score (nSPS) is 11.1. The van der Waals surface area contributed by atoms with Crippen LogP contribution in [-0.4, -0.2) is 61.3 Å². The van der Waals surface area contributed by atoms with Crippen molar-refractivity contribution in [2.75, 3.05) is 44.4 Å². The lowest BCUT2D eigenvalue weighted by Gasteiger charge is -2.24. The molecule has 0 aliphatic rings. The maximum Gasteiger partial charge on any atom is 0.337 e. The van der Waals surface area contributed by atoms with E-state index >= 15 is 0 Å². The number of ether oxygens (including phenoxy) is 1. The van der Waals surface area contributed by atoms with Gasteiger partial charge >= 0.3 is 5.97 Å². The summed E-state index contributed by atoms with van der Waals surface area (Å²) in [6.45, 7) is 7.36. The number of carbonyl (C=O) groups excluding carboxylic acids is 2. The Hall–Kier alpha value is -2.42. The topological polar surface area (TPSA) is 62.7 Å². The summed E-state index contributed by atoms with van der Waals surface area (Å²) in [7, 11) is 1.34. The first-order chi connectivity index (χ1) is 15.0. The number of anilines is 1. The average molecular weight is 458 g/mol. The highest BCUT2D eigenvalue weighted by Crippen LogP contribution is 2.32. The number of hydrogen-bond acceptors (Lipinski definition) is 7. The Morgan fingerprint density at radius 2 is 1.71 bits per heavy atom. The lowest BCUT2D eigenvalue weighted by atomic mass is 10.1. The molecule has 0 radical (unpaired) electrons. The van der Waals surface area contributed by atoms with Crippen LogP contribution in [-0.2, 0) is 4.74 Å². The van der Waals surface area contributed by atoms with E-state index in [4.69, 9.17) is 9.72 Å². The molecular formula is C23H27N3O3S2. The van der Waals surface area contributed by atoms with Gasteiger partial charge in [0.25, 0.3) is 5.91 Å². The number of esters is 1. The summed E-state index contributed by atoms with van der Waals surface area (Å²) in [5, 5.41) is 0.683. The summed E-state index contributed by atoms with van der Waals surface area (Å²) in [5.41, 5.74) is 1.81. The van der Waals surface area contributed by atoms with Crippen LogP contribution in [0.25, 0.3) is 10.2 Å². The molecule has 0 saturated heterocycles. The summed E-state index contributed by atoms with van der Waals surface area (Å²) in [4.78, 5) is 35.1. The van der Waals surface area contributed by atoms with Crippen molar-refractivity contribution < 1.29 is 14.3 Å². The fourth-order valence-electron chi connectivity index (χ4n) is 3.22. The Balaban J connectivity index is 1.93. The van der Waals surface area contributed by atoms with Gasteiger partial charge in [-0.1, -0.05) is 25.2 Å². The Labute approximate surface area is 191 Å². The van der Waals surface area contributed by atoms with Crippen molar-refractivity contribution in [2.45, 2.75) is 18.7 Å². The summed E-state index contributed by atoms with van der Waals surface area (Å²) < 4.78 is 5.80. The SMILES string of the molecule is CCN(CC)CCN(C(=O)c1ccc(C(=O)OC)cc1)c1nc2ccc(SC)cc2s1. The highest BCUT2D eigenvalue weighted by atomic mass is 32.2. The number of aromatic nitrogens is 1. The van der Waals surface area contributed by atoms with Crippen molar-refractivity contribution in [3.05, 3.63) is 53.6 Å². The third-order valence-corrected chi connectivity index (χ3v) is 6.91. The minimum absolute atomic E-state index is 0.132. The van der Waals surface area contributed by atoms with Gasteiger partial charge in [-0.15, -0.1) is 11.8 Å². The van der Waals surface area contributed by atoms with Crippen molar-refractivity contribution in [1.29, 1.82) is 0 Å². The highest BCUT2D eigenvalue weighted by molar-refractivity contribution is 7.98. The van der Waals surface area contributed by atoms with Gasteiger partial charge in [-0.2, -0.15) is 0 Å². The molecule has 6 nitrogen and oxygen atoms in total. The molecule has 31 heavy (non-hydrogen) atoms. The van der Waals surface area contributed by atoms with E-state index in [-0.39, 0.29) is 5.91 Å². The van der Waals surface area contributed by atoms with Crippen LogP contribution < -0.4 is 4.90 Å². The number of fused-ring (bicyclic) bond motifs is 1. The van der Waals surface area contributed by atoms with Gasteiger partial charge in [-0.3, -0.25) is 9.69 Å². The second-order valence-corrected chi connectivity index (χ2v) is 8.77. The number of hydrogen-bond donors (Lipinski definition) is 0. The Kier molecular flexibility index (Phi) is 8.06. The smallest absolute Gasteiger partial charge is 0.337 e. The third-order valence-electron chi connectivity index (χ3n) is 5.15. The van der Waals surface area contributed by atoms with E-state index in [0.717, 1.165) is 29.9 Å². The number of rotatable bonds is 9. The molecule has 0 aliphatic heterocycles. The van der Waals surface area contributed by atoms with Gasteiger partial charge < -0.3 is 9.64 Å². The van der Waals surface area contributed by atoms with Crippen molar-refractivity contribution >= 4 is 50.3 Å². The molecule has 0 saturated carbocycles. The Morgan fingerprint density at radius 1 is 1.03 bits per heavy atom. The molecule has 0 bridgehead atoms. The standard InChI is InChI=1S/C23H27N3O3S2/c1-5-25(6-2)13-14-26(21(27)16-7-9-17(10-8-16)22(28)29-3)23-24-19-12-11-18(30-4)15-20(19)31-23/h7-12,15H,5-6,13-14H2,1-4H3. The van der Waals surface area contributed by atoms with Crippen LogP contribution in [0.4, 0.5) is 5.13 Å². The molecule has 1 heterocycles. The zero-order valence-electron chi connectivity index (χ0n) is 18.3. The molecule has 164 valence electrons. The predicted molar refractivity (Wildman–Crippen MR) is 129 cm³/mol. The lowest BCUT2D eigenvalue weighted by Crippen LogP contribution is -2.38. The van der Waals surface area contributed by atoms with Gasteiger partial charge in [0.2, 0.25) is 0 Å². The third kappa shape index (κ3) is 5.44. The zero-order valence-corrected chi connectivity index (χ0v) is 19.9. The van der Waals surface area contributed by atoms with Crippen LogP contribution in [0.2, 0.25) is 0 Å². The summed E-state index contributed by atoms with van der Waals surface area (Å²) in [5.74, 6) is -0.555. The van der Waals surface area contributed by atoms with Gasteiger partial charge in [0.15, 0.2) is 5.13 Å². The van der Waals surface area contributed by atoms with E-state index in [0.29, 0.717) is 22.8 Å². The maximum absolute atomic E-state index is 13.4. The molecule has 2 aromatic carbocycles. The van der Waals surface area contributed by atoms with Gasteiger partial charge in [0.05, 0.1) is 22.9 Å². The quantitative estimate of drug-likeness (QED) is 0.340. The molecule has 3 rings (SSSR count). The van der Waals surface area contributed by atoms with Crippen LogP contribution in [0.15, 0.2) is 47.4 Å². The van der Waals surface area contributed by atoms with Crippen LogP contribution in [0, 0.1) is 0 Å². The molecule has 0 unspecified atom stereocenters. The number of thiazole rings is 1. The second-order valence-electron chi connectivity index (χ2n) is 6.88. The number of likely N-dealkylation sites (N-methyl/N-ethyl adjacent to an activating group) is 1. The average Bonchev–Trinajstić information content (AvgIpc) is 3.24. The first-order valence-corrected chi connectivity index (χ1v) is 12.2. The molecular weight excluding hydrogens is 430 g/mol. The van der Waals surface area contributed by atoms with E-state index in [1.807, 2.05) is 18.4 Å². The van der Waals surface area contributed by atoms with E-state index in [1.54, 1.807) is 40.9 Å². The molecule has 8 heteroatoms. The van der Waals surface area contributed by atoms with Gasteiger partial charge in [-0.05, 0) is 61.8 Å². The molecule has 0 aliphatic carbocycles. The van der Waals surface area contributed by atoms with Crippen molar-refractivity contribution in [3.63, 3.8) is 0 Å². The number of nitrogens with zero attached hydrogens (tertiary/aromatic N) is 3. The lowest BCUT2D eigenvalue weighted by molar-refractivity contribution is 0.0600. The van der Waals surface area contributed by atoms with Gasteiger partial charge in [0.1, 0.15) is 0 Å². The van der Waals surface area contributed by atoms with Crippen LogP contribution in [0.5, 0.6) is 0 Å². The molecule has 3 aromatic rings. The molecule has 0 spiro atoms. The molecule has 1 amide bonds. The first kappa shape index (κ1) is 23.2. The van der Waals surface area contributed by atoms with E-state index in [9.17, 15) is 9.59 Å². The van der Waals surface area contributed by atoms with Crippen molar-refractivity contribution in [1.82, 2.24) is 9.88 Å². The molecule has 1 aromatic heterocycles. The summed E-state index contributed by atoms with van der Waals surface area (Å²) in [6, 6.07) is 12.7. The molecule has 0 atom stereocenters. The first-order valence-electron chi connectivity index (χ1n) is 10.2. The minimum atomic E-state index is -0.423. The van der Waals surface area contributed by atoms with Crippen LogP contribution in [0.1, 0.15) is 34.6 Å². The monoisotopic (exact) mass is 457 g/mol. The van der Waals surface area contributed by atoms with Crippen molar-refractivity contribution in [2.24, 2.45) is 0 Å². The summed E-state index contributed by atoms with van der Waals surface area (Å²) >= 11 is 3.21. The van der Waals surface area contributed by atoms with Crippen LogP contribution >= 0.6 is 23.1 Å².